The van der Waals surface area contributed by atoms with E-state index in [4.69, 9.17) is 13.3 Å². The third kappa shape index (κ3) is 6.09. The van der Waals surface area contributed by atoms with E-state index in [0.717, 1.165) is 0 Å². The number of amides is 4. The fourth-order valence-electron chi connectivity index (χ4n) is 4.63. The molecule has 0 spiro atoms. The summed E-state index contributed by atoms with van der Waals surface area (Å²) < 4.78 is 65.6. The van der Waals surface area contributed by atoms with Crippen molar-refractivity contribution in [2.45, 2.75) is 11.5 Å². The third-order valence-corrected chi connectivity index (χ3v) is 8.75. The SMILES string of the molecule is O=C1c2ccc(Oc3ccc4c(c3)C(=O)N(OS(=O)(=O)Cc3ccccc3)C4=O)cc2C(=O)N1OS(=O)(=O)Cc1ccccc1. The largest absolute Gasteiger partial charge is 0.457 e. The van der Waals surface area contributed by atoms with Crippen molar-refractivity contribution in [1.29, 1.82) is 0 Å². The molecule has 0 bridgehead atoms. The second-order valence-corrected chi connectivity index (χ2v) is 13.0. The first-order valence-electron chi connectivity index (χ1n) is 13.1. The number of ether oxygens (including phenoxy) is 1. The van der Waals surface area contributed by atoms with Gasteiger partial charge < -0.3 is 4.74 Å². The molecule has 228 valence electrons. The van der Waals surface area contributed by atoms with Gasteiger partial charge in [-0.3, -0.25) is 19.2 Å². The molecular formula is C30H20N2O11S2. The maximum atomic E-state index is 12.9. The van der Waals surface area contributed by atoms with Crippen LogP contribution in [0.3, 0.4) is 0 Å². The molecule has 0 atom stereocenters. The van der Waals surface area contributed by atoms with Crippen molar-refractivity contribution in [3.63, 3.8) is 0 Å². The van der Waals surface area contributed by atoms with E-state index in [0.29, 0.717) is 11.1 Å². The summed E-state index contributed by atoms with van der Waals surface area (Å²) in [5.74, 6) is -5.12. The minimum absolute atomic E-state index is 0.0270. The molecule has 45 heavy (non-hydrogen) atoms. The Morgan fingerprint density at radius 2 is 0.822 bits per heavy atom. The van der Waals surface area contributed by atoms with Crippen LogP contribution in [0.5, 0.6) is 11.5 Å². The number of carbonyl (C=O) groups excluding carboxylic acids is 4. The number of hydroxylamine groups is 4. The first kappa shape index (κ1) is 29.8. The molecule has 0 aromatic heterocycles. The van der Waals surface area contributed by atoms with Crippen LogP contribution in [0.1, 0.15) is 52.6 Å². The molecule has 4 aromatic rings. The van der Waals surface area contributed by atoms with Crippen LogP contribution >= 0.6 is 0 Å². The van der Waals surface area contributed by atoms with Crippen molar-refractivity contribution in [2.75, 3.05) is 0 Å². The first-order chi connectivity index (χ1) is 21.4. The Morgan fingerprint density at radius 3 is 1.20 bits per heavy atom. The molecular weight excluding hydrogens is 628 g/mol. The number of imide groups is 2. The first-order valence-corrected chi connectivity index (χ1v) is 16.2. The Hall–Kier alpha value is -5.22. The summed E-state index contributed by atoms with van der Waals surface area (Å²) in [5.41, 5.74) is 0.152. The zero-order valence-corrected chi connectivity index (χ0v) is 24.5. The van der Waals surface area contributed by atoms with Gasteiger partial charge >= 0.3 is 0 Å². The van der Waals surface area contributed by atoms with E-state index in [1.54, 1.807) is 60.7 Å². The van der Waals surface area contributed by atoms with Gasteiger partial charge in [-0.1, -0.05) is 60.7 Å². The zero-order valence-electron chi connectivity index (χ0n) is 22.9. The smallest absolute Gasteiger partial charge is 0.292 e. The lowest BCUT2D eigenvalue weighted by atomic mass is 10.1. The number of rotatable bonds is 10. The van der Waals surface area contributed by atoms with Crippen LogP contribution in [-0.2, 0) is 40.3 Å². The molecule has 0 aliphatic carbocycles. The van der Waals surface area contributed by atoms with Crippen molar-refractivity contribution in [3.8, 4) is 11.5 Å². The highest BCUT2D eigenvalue weighted by molar-refractivity contribution is 7.86. The van der Waals surface area contributed by atoms with Gasteiger partial charge in [-0.15, -0.1) is 18.7 Å². The summed E-state index contributed by atoms with van der Waals surface area (Å²) in [6.07, 6.45) is 0. The summed E-state index contributed by atoms with van der Waals surface area (Å²) in [6.45, 7) is 0. The third-order valence-electron chi connectivity index (χ3n) is 6.63. The lowest BCUT2D eigenvalue weighted by Gasteiger charge is -2.13. The van der Waals surface area contributed by atoms with Gasteiger partial charge in [0.1, 0.15) is 23.0 Å². The summed E-state index contributed by atoms with van der Waals surface area (Å²) in [4.78, 5) is 51.5. The second kappa shape index (κ2) is 11.4. The highest BCUT2D eigenvalue weighted by atomic mass is 32.2. The molecule has 2 aliphatic rings. The molecule has 4 aromatic carbocycles. The second-order valence-electron chi connectivity index (χ2n) is 9.85. The molecule has 0 unspecified atom stereocenters. The standard InChI is InChI=1S/C30H20N2O11S2/c33-27-23-13-11-21(15-25(23)29(35)31(27)42-44(37,38)17-19-7-3-1-4-8-19)41-22-12-14-24-26(16-22)30(36)32(28(24)34)43-45(39,40)18-20-9-5-2-6-10-20/h1-16H,17-18H2. The number of carbonyl (C=O) groups is 4. The summed E-state index contributed by atoms with van der Waals surface area (Å²) in [5, 5.41) is 0.319. The van der Waals surface area contributed by atoms with E-state index in [1.165, 1.54) is 36.4 Å². The van der Waals surface area contributed by atoms with Gasteiger partial charge in [0.25, 0.3) is 43.9 Å². The van der Waals surface area contributed by atoms with Gasteiger partial charge in [0, 0.05) is 0 Å². The minimum Gasteiger partial charge on any atom is -0.457 e. The lowest BCUT2D eigenvalue weighted by Crippen LogP contribution is -2.33. The Balaban J connectivity index is 1.16. The molecule has 13 nitrogen and oxygen atoms in total. The van der Waals surface area contributed by atoms with E-state index < -0.39 is 55.4 Å². The van der Waals surface area contributed by atoms with Crippen molar-refractivity contribution >= 4 is 43.9 Å². The average Bonchev–Trinajstić information content (AvgIpc) is 3.37. The molecule has 15 heteroatoms. The predicted molar refractivity (Wildman–Crippen MR) is 154 cm³/mol. The van der Waals surface area contributed by atoms with Crippen molar-refractivity contribution in [1.82, 2.24) is 10.1 Å². The molecule has 0 saturated heterocycles. The predicted octanol–water partition coefficient (Wildman–Crippen LogP) is 3.59. The van der Waals surface area contributed by atoms with Gasteiger partial charge in [-0.05, 0) is 47.5 Å². The molecule has 2 heterocycles. The Morgan fingerprint density at radius 1 is 0.467 bits per heavy atom. The van der Waals surface area contributed by atoms with Crippen molar-refractivity contribution in [2.24, 2.45) is 0 Å². The van der Waals surface area contributed by atoms with Gasteiger partial charge in [-0.25, -0.2) is 0 Å². The maximum absolute atomic E-state index is 12.9. The number of hydrogen-bond acceptors (Lipinski definition) is 11. The molecule has 0 fully saturated rings. The van der Waals surface area contributed by atoms with Crippen LogP contribution in [0.25, 0.3) is 0 Å². The highest BCUT2D eigenvalue weighted by Gasteiger charge is 2.42. The maximum Gasteiger partial charge on any atom is 0.292 e. The van der Waals surface area contributed by atoms with Gasteiger partial charge in [-0.2, -0.15) is 16.8 Å². The Kier molecular flexibility index (Phi) is 7.54. The molecule has 0 radical (unpaired) electrons. The highest BCUT2D eigenvalue weighted by Crippen LogP contribution is 2.33. The minimum atomic E-state index is -4.37. The zero-order chi connectivity index (χ0) is 31.9. The van der Waals surface area contributed by atoms with E-state index in [1.807, 2.05) is 0 Å². The van der Waals surface area contributed by atoms with E-state index in [-0.39, 0.29) is 43.9 Å². The molecule has 6 rings (SSSR count). The fraction of sp³-hybridized carbons (Fsp3) is 0.0667. The van der Waals surface area contributed by atoms with Crippen LogP contribution in [0, 0.1) is 0 Å². The molecule has 0 saturated carbocycles. The van der Waals surface area contributed by atoms with E-state index in [9.17, 15) is 36.0 Å². The summed E-state index contributed by atoms with van der Waals surface area (Å²) >= 11 is 0. The van der Waals surface area contributed by atoms with Crippen LogP contribution < -0.4 is 4.74 Å². The van der Waals surface area contributed by atoms with E-state index in [2.05, 4.69) is 0 Å². The summed E-state index contributed by atoms with van der Waals surface area (Å²) in [6, 6.07) is 23.6. The van der Waals surface area contributed by atoms with E-state index >= 15 is 0 Å². The number of fused-ring (bicyclic) bond motifs is 2. The monoisotopic (exact) mass is 648 g/mol. The number of nitrogens with zero attached hydrogens (tertiary/aromatic N) is 2. The number of benzene rings is 4. The van der Waals surface area contributed by atoms with Gasteiger partial charge in [0.2, 0.25) is 0 Å². The van der Waals surface area contributed by atoms with Crippen LogP contribution in [-0.4, -0.2) is 50.6 Å². The van der Waals surface area contributed by atoms with Crippen LogP contribution in [0.4, 0.5) is 0 Å². The normalized spacial score (nSPS) is 14.6. The van der Waals surface area contributed by atoms with Crippen molar-refractivity contribution in [3.05, 3.63) is 130 Å². The molecule has 0 N–H and O–H groups in total. The molecule has 2 aliphatic heterocycles. The lowest BCUT2D eigenvalue weighted by molar-refractivity contribution is -0.0108. The molecule has 4 amide bonds. The Bertz CT molecular complexity index is 1950. The average molecular weight is 649 g/mol. The van der Waals surface area contributed by atoms with Gasteiger partial charge in [0.05, 0.1) is 22.3 Å². The van der Waals surface area contributed by atoms with Crippen LogP contribution in [0.15, 0.2) is 97.1 Å². The van der Waals surface area contributed by atoms with Gasteiger partial charge in [0.15, 0.2) is 0 Å². The Labute approximate surface area is 256 Å². The van der Waals surface area contributed by atoms with Crippen molar-refractivity contribution < 1.29 is 49.3 Å². The fourth-order valence-corrected chi connectivity index (χ4v) is 6.66. The topological polar surface area (TPSA) is 171 Å². The quantitative estimate of drug-likeness (QED) is 0.230. The number of hydrogen-bond donors (Lipinski definition) is 0. The van der Waals surface area contributed by atoms with Crippen LogP contribution in [0.2, 0.25) is 0 Å². The summed E-state index contributed by atoms with van der Waals surface area (Å²) in [7, 11) is -8.73.